The molecule has 0 atom stereocenters. The number of hydrogen-bond donors (Lipinski definition) is 1. The zero-order valence-corrected chi connectivity index (χ0v) is 10.3. The largest absolute Gasteiger partial charge is 0.494 e. The minimum Gasteiger partial charge on any atom is -0.494 e. The summed E-state index contributed by atoms with van der Waals surface area (Å²) in [6, 6.07) is 9.85. The number of aryl methyl sites for hydroxylation is 1. The van der Waals surface area contributed by atoms with Crippen molar-refractivity contribution in [2.75, 3.05) is 6.61 Å². The van der Waals surface area contributed by atoms with Crippen LogP contribution in [0.25, 0.3) is 0 Å². The molecule has 0 radical (unpaired) electrons. The maximum Gasteiger partial charge on any atom is 0.119 e. The van der Waals surface area contributed by atoms with Crippen molar-refractivity contribution in [2.45, 2.75) is 25.9 Å². The molecule has 0 aliphatic carbocycles. The lowest BCUT2D eigenvalue weighted by atomic mass is 10.3. The van der Waals surface area contributed by atoms with Crippen molar-refractivity contribution >= 4 is 0 Å². The summed E-state index contributed by atoms with van der Waals surface area (Å²) in [6.07, 6.45) is 3.89. The lowest BCUT2D eigenvalue weighted by Gasteiger charge is -2.05. The molecule has 0 aliphatic rings. The Morgan fingerprint density at radius 3 is 2.72 bits per heavy atom. The van der Waals surface area contributed by atoms with Crippen molar-refractivity contribution in [2.24, 2.45) is 5.73 Å². The topological polar surface area (TPSA) is 66.0 Å². The minimum atomic E-state index is 0.442. The quantitative estimate of drug-likeness (QED) is 0.753. The molecule has 2 aromatic rings. The van der Waals surface area contributed by atoms with Gasteiger partial charge >= 0.3 is 0 Å². The Balaban J connectivity index is 1.61. The smallest absolute Gasteiger partial charge is 0.119 e. The first-order chi connectivity index (χ1) is 8.88. The minimum absolute atomic E-state index is 0.442. The van der Waals surface area contributed by atoms with E-state index in [0.717, 1.165) is 37.4 Å². The predicted molar refractivity (Wildman–Crippen MR) is 69.1 cm³/mol. The number of ether oxygens (including phenoxy) is 1. The van der Waals surface area contributed by atoms with Crippen molar-refractivity contribution in [3.8, 4) is 5.75 Å². The van der Waals surface area contributed by atoms with Gasteiger partial charge in [-0.25, -0.2) is 0 Å². The third-order valence-electron chi connectivity index (χ3n) is 2.59. The number of unbranched alkanes of at least 4 members (excludes halogenated alkanes) is 1. The van der Waals surface area contributed by atoms with Crippen LogP contribution in [0.2, 0.25) is 0 Å². The van der Waals surface area contributed by atoms with Gasteiger partial charge in [-0.2, -0.15) is 0 Å². The van der Waals surface area contributed by atoms with Crippen LogP contribution in [0.4, 0.5) is 0 Å². The van der Waals surface area contributed by atoms with Crippen molar-refractivity contribution in [3.05, 3.63) is 42.2 Å². The molecule has 0 amide bonds. The Bertz CT molecular complexity index is 455. The lowest BCUT2D eigenvalue weighted by Crippen LogP contribution is -2.03. The van der Waals surface area contributed by atoms with Crippen LogP contribution in [-0.4, -0.2) is 21.6 Å². The zero-order chi connectivity index (χ0) is 12.6. The molecule has 0 spiro atoms. The first-order valence-corrected chi connectivity index (χ1v) is 6.15. The number of nitrogens with two attached hydrogens (primary N) is 1. The molecule has 0 bridgehead atoms. The van der Waals surface area contributed by atoms with E-state index >= 15 is 0 Å². The van der Waals surface area contributed by atoms with Crippen molar-refractivity contribution in [1.29, 1.82) is 0 Å². The molecule has 2 rings (SSSR count). The number of hydrogen-bond acceptors (Lipinski definition) is 4. The summed E-state index contributed by atoms with van der Waals surface area (Å²) < 4.78 is 7.43. The van der Waals surface area contributed by atoms with Crippen LogP contribution in [-0.2, 0) is 13.1 Å². The van der Waals surface area contributed by atoms with E-state index in [1.54, 1.807) is 0 Å². The second-order valence-electron chi connectivity index (χ2n) is 4.05. The lowest BCUT2D eigenvalue weighted by molar-refractivity contribution is 0.301. The Morgan fingerprint density at radius 2 is 2.00 bits per heavy atom. The SMILES string of the molecule is NCc1cn(CCCCOc2ccccc2)nn1. The van der Waals surface area contributed by atoms with E-state index in [0.29, 0.717) is 6.54 Å². The van der Waals surface area contributed by atoms with Crippen molar-refractivity contribution in [1.82, 2.24) is 15.0 Å². The Labute approximate surface area is 107 Å². The number of rotatable bonds is 7. The molecule has 1 aromatic heterocycles. The highest BCUT2D eigenvalue weighted by Crippen LogP contribution is 2.08. The van der Waals surface area contributed by atoms with Crippen LogP contribution < -0.4 is 10.5 Å². The predicted octanol–water partition coefficient (Wildman–Crippen LogP) is 1.60. The molecule has 0 saturated heterocycles. The molecule has 5 heteroatoms. The summed E-state index contributed by atoms with van der Waals surface area (Å²) in [7, 11) is 0. The van der Waals surface area contributed by atoms with Crippen LogP contribution >= 0.6 is 0 Å². The average molecular weight is 246 g/mol. The molecule has 0 fully saturated rings. The van der Waals surface area contributed by atoms with E-state index in [1.165, 1.54) is 0 Å². The molecule has 96 valence electrons. The fraction of sp³-hybridized carbons (Fsp3) is 0.385. The summed E-state index contributed by atoms with van der Waals surface area (Å²) in [5.74, 6) is 0.920. The van der Waals surface area contributed by atoms with Gasteiger partial charge in [0.1, 0.15) is 5.75 Å². The van der Waals surface area contributed by atoms with E-state index in [-0.39, 0.29) is 0 Å². The van der Waals surface area contributed by atoms with Gasteiger partial charge in [-0.1, -0.05) is 23.4 Å². The number of nitrogens with zero attached hydrogens (tertiary/aromatic N) is 3. The summed E-state index contributed by atoms with van der Waals surface area (Å²) in [6.45, 7) is 2.02. The van der Waals surface area contributed by atoms with Crippen LogP contribution in [0.3, 0.4) is 0 Å². The molecule has 0 saturated carbocycles. The Morgan fingerprint density at radius 1 is 1.17 bits per heavy atom. The summed E-state index contributed by atoms with van der Waals surface area (Å²) in [5, 5.41) is 7.93. The number of aromatic nitrogens is 3. The highest BCUT2D eigenvalue weighted by molar-refractivity contribution is 5.20. The van der Waals surface area contributed by atoms with Crippen molar-refractivity contribution < 1.29 is 4.74 Å². The van der Waals surface area contributed by atoms with Gasteiger partial charge in [0.2, 0.25) is 0 Å². The van der Waals surface area contributed by atoms with E-state index in [2.05, 4.69) is 10.3 Å². The van der Waals surface area contributed by atoms with Gasteiger partial charge in [-0.05, 0) is 25.0 Å². The zero-order valence-electron chi connectivity index (χ0n) is 10.3. The van der Waals surface area contributed by atoms with Crippen LogP contribution in [0, 0.1) is 0 Å². The number of para-hydroxylation sites is 1. The molecule has 0 unspecified atom stereocenters. The summed E-state index contributed by atoms with van der Waals surface area (Å²) in [4.78, 5) is 0. The monoisotopic (exact) mass is 246 g/mol. The molecule has 1 heterocycles. The van der Waals surface area contributed by atoms with Gasteiger partial charge in [0.05, 0.1) is 12.3 Å². The van der Waals surface area contributed by atoms with E-state index in [9.17, 15) is 0 Å². The Hall–Kier alpha value is -1.88. The van der Waals surface area contributed by atoms with E-state index in [1.807, 2.05) is 41.2 Å². The number of benzene rings is 1. The van der Waals surface area contributed by atoms with Gasteiger partial charge in [-0.15, -0.1) is 5.10 Å². The first-order valence-electron chi connectivity index (χ1n) is 6.15. The maximum atomic E-state index is 5.61. The van der Waals surface area contributed by atoms with E-state index < -0.39 is 0 Å². The first kappa shape index (κ1) is 12.6. The van der Waals surface area contributed by atoms with Crippen LogP contribution in [0.1, 0.15) is 18.5 Å². The summed E-state index contributed by atoms with van der Waals surface area (Å²) >= 11 is 0. The van der Waals surface area contributed by atoms with Crippen molar-refractivity contribution in [3.63, 3.8) is 0 Å². The second kappa shape index (κ2) is 6.76. The third kappa shape index (κ3) is 3.85. The molecular weight excluding hydrogens is 228 g/mol. The average Bonchev–Trinajstić information content (AvgIpc) is 2.87. The fourth-order valence-corrected chi connectivity index (χ4v) is 1.62. The highest BCUT2D eigenvalue weighted by Gasteiger charge is 1.98. The van der Waals surface area contributed by atoms with Gasteiger partial charge < -0.3 is 10.5 Å². The standard InChI is InChI=1S/C13H18N4O/c14-10-12-11-17(16-15-12)8-4-5-9-18-13-6-2-1-3-7-13/h1-3,6-7,11H,4-5,8-10,14H2. The molecular formula is C13H18N4O. The maximum absolute atomic E-state index is 5.61. The molecule has 2 N–H and O–H groups in total. The van der Waals surface area contributed by atoms with E-state index in [4.69, 9.17) is 10.5 Å². The normalized spacial score (nSPS) is 10.5. The summed E-state index contributed by atoms with van der Waals surface area (Å²) in [5.41, 5.74) is 6.30. The van der Waals surface area contributed by atoms with Crippen LogP contribution in [0.15, 0.2) is 36.5 Å². The van der Waals surface area contributed by atoms with Gasteiger partial charge in [0, 0.05) is 19.3 Å². The Kier molecular flexibility index (Phi) is 4.72. The van der Waals surface area contributed by atoms with Gasteiger partial charge in [-0.3, -0.25) is 4.68 Å². The highest BCUT2D eigenvalue weighted by atomic mass is 16.5. The second-order valence-corrected chi connectivity index (χ2v) is 4.05. The van der Waals surface area contributed by atoms with Gasteiger partial charge in [0.15, 0.2) is 0 Å². The molecule has 5 nitrogen and oxygen atoms in total. The molecule has 18 heavy (non-hydrogen) atoms. The van der Waals surface area contributed by atoms with Gasteiger partial charge in [0.25, 0.3) is 0 Å². The fourth-order valence-electron chi connectivity index (χ4n) is 1.62. The third-order valence-corrected chi connectivity index (χ3v) is 2.59. The van der Waals surface area contributed by atoms with Crippen LogP contribution in [0.5, 0.6) is 5.75 Å². The molecule has 1 aromatic carbocycles. The molecule has 0 aliphatic heterocycles.